The number of aryl methyl sites for hydroxylation is 1. The molecule has 2 N–H and O–H groups in total. The minimum atomic E-state index is -3.82. The summed E-state index contributed by atoms with van der Waals surface area (Å²) in [5.74, 6) is 1.08. The molecule has 0 saturated heterocycles. The van der Waals surface area contributed by atoms with Crippen LogP contribution in [0.1, 0.15) is 36.5 Å². The monoisotopic (exact) mass is 457 g/mol. The maximum Gasteiger partial charge on any atom is 0.261 e. The summed E-state index contributed by atoms with van der Waals surface area (Å²) in [6.07, 6.45) is 4.44. The van der Waals surface area contributed by atoms with Gasteiger partial charge in [-0.05, 0) is 54.8 Å². The van der Waals surface area contributed by atoms with Crippen LogP contribution in [-0.4, -0.2) is 29.1 Å². The number of amides is 1. The Labute approximate surface area is 185 Å². The van der Waals surface area contributed by atoms with Crippen molar-refractivity contribution in [3.63, 3.8) is 0 Å². The minimum absolute atomic E-state index is 0.0336. The van der Waals surface area contributed by atoms with Crippen LogP contribution in [0.25, 0.3) is 0 Å². The predicted molar refractivity (Wildman–Crippen MR) is 117 cm³/mol. The number of fused-ring (bicyclic) bond motifs is 1. The predicted octanol–water partition coefficient (Wildman–Crippen LogP) is 2.80. The number of halogens is 1. The molecule has 0 radical (unpaired) electrons. The van der Waals surface area contributed by atoms with Crippen LogP contribution >= 0.6 is 0 Å². The van der Waals surface area contributed by atoms with E-state index in [1.807, 2.05) is 0 Å². The van der Waals surface area contributed by atoms with Crippen molar-refractivity contribution in [2.45, 2.75) is 50.1 Å². The number of rotatable bonds is 7. The number of sulfonamides is 1. The largest absolute Gasteiger partial charge is 0.349 e. The molecule has 1 aromatic heterocycles. The molecule has 4 rings (SSSR count). The molecule has 32 heavy (non-hydrogen) atoms. The summed E-state index contributed by atoms with van der Waals surface area (Å²) < 4.78 is 42.3. The van der Waals surface area contributed by atoms with Crippen molar-refractivity contribution >= 4 is 21.6 Å². The fourth-order valence-electron chi connectivity index (χ4n) is 3.62. The van der Waals surface area contributed by atoms with Gasteiger partial charge in [-0.2, -0.15) is 0 Å². The Kier molecular flexibility index (Phi) is 6.50. The summed E-state index contributed by atoms with van der Waals surface area (Å²) in [6, 6.07) is 11.1. The van der Waals surface area contributed by atoms with Crippen LogP contribution in [0.15, 0.2) is 53.4 Å². The van der Waals surface area contributed by atoms with E-state index in [2.05, 4.69) is 24.8 Å². The topological polar surface area (TPSA) is 106 Å². The zero-order chi connectivity index (χ0) is 22.6. The summed E-state index contributed by atoms with van der Waals surface area (Å²) in [7, 11) is -3.82. The molecule has 2 heterocycles. The number of aromatic nitrogens is 3. The summed E-state index contributed by atoms with van der Waals surface area (Å²) in [4.78, 5) is 12.3. The van der Waals surface area contributed by atoms with E-state index in [0.29, 0.717) is 12.2 Å². The van der Waals surface area contributed by atoms with Crippen LogP contribution < -0.4 is 10.0 Å². The van der Waals surface area contributed by atoms with Crippen LogP contribution in [0.3, 0.4) is 0 Å². The molecule has 0 atom stereocenters. The first-order valence-corrected chi connectivity index (χ1v) is 11.9. The molecule has 0 aliphatic carbocycles. The van der Waals surface area contributed by atoms with Crippen LogP contribution in [0.4, 0.5) is 10.1 Å². The lowest BCUT2D eigenvalue weighted by Gasteiger charge is -2.10. The standard InChI is InChI=1S/C22H24FN5O3S/c23-17-7-11-19(12-8-17)32(30,31)27-18-9-5-16(6-10-18)14-22(29)24-15-21-26-25-20-4-2-1-3-13-28(20)21/h5-12,27H,1-4,13-15H2,(H,24,29). The number of benzene rings is 2. The molecule has 1 amide bonds. The van der Waals surface area contributed by atoms with Gasteiger partial charge in [-0.25, -0.2) is 12.8 Å². The van der Waals surface area contributed by atoms with E-state index < -0.39 is 15.8 Å². The van der Waals surface area contributed by atoms with Crippen molar-refractivity contribution < 1.29 is 17.6 Å². The van der Waals surface area contributed by atoms with Gasteiger partial charge in [-0.15, -0.1) is 10.2 Å². The maximum absolute atomic E-state index is 13.0. The van der Waals surface area contributed by atoms with Crippen molar-refractivity contribution in [1.29, 1.82) is 0 Å². The molecule has 2 aromatic carbocycles. The third kappa shape index (κ3) is 5.31. The molecule has 1 aliphatic heterocycles. The summed E-state index contributed by atoms with van der Waals surface area (Å²) in [6.45, 7) is 1.20. The van der Waals surface area contributed by atoms with E-state index in [1.54, 1.807) is 24.3 Å². The SMILES string of the molecule is O=C(Cc1ccc(NS(=O)(=O)c2ccc(F)cc2)cc1)NCc1nnc2n1CCCCC2. The van der Waals surface area contributed by atoms with E-state index in [9.17, 15) is 17.6 Å². The number of carbonyl (C=O) groups is 1. The third-order valence-electron chi connectivity index (χ3n) is 5.32. The maximum atomic E-state index is 13.0. The van der Waals surface area contributed by atoms with Crippen LogP contribution in [-0.2, 0) is 40.7 Å². The van der Waals surface area contributed by atoms with Crippen molar-refractivity contribution in [2.75, 3.05) is 4.72 Å². The van der Waals surface area contributed by atoms with Gasteiger partial charge in [0.1, 0.15) is 11.6 Å². The molecule has 8 nitrogen and oxygen atoms in total. The number of carbonyl (C=O) groups excluding carboxylic acids is 1. The first-order chi connectivity index (χ1) is 15.4. The highest BCUT2D eigenvalue weighted by molar-refractivity contribution is 7.92. The summed E-state index contributed by atoms with van der Waals surface area (Å²) in [5.41, 5.74) is 1.09. The highest BCUT2D eigenvalue weighted by atomic mass is 32.2. The molecule has 3 aromatic rings. The van der Waals surface area contributed by atoms with E-state index in [-0.39, 0.29) is 17.2 Å². The minimum Gasteiger partial charge on any atom is -0.349 e. The summed E-state index contributed by atoms with van der Waals surface area (Å²) >= 11 is 0. The van der Waals surface area contributed by atoms with Gasteiger partial charge in [0.2, 0.25) is 5.91 Å². The molecule has 0 spiro atoms. The fraction of sp³-hybridized carbons (Fsp3) is 0.318. The molecule has 0 fully saturated rings. The number of nitrogens with zero attached hydrogens (tertiary/aromatic N) is 3. The lowest BCUT2D eigenvalue weighted by atomic mass is 10.1. The fourth-order valence-corrected chi connectivity index (χ4v) is 4.68. The Hall–Kier alpha value is -3.27. The zero-order valence-corrected chi connectivity index (χ0v) is 18.2. The summed E-state index contributed by atoms with van der Waals surface area (Å²) in [5, 5.41) is 11.3. The van der Waals surface area contributed by atoms with Crippen molar-refractivity contribution in [1.82, 2.24) is 20.1 Å². The Morgan fingerprint density at radius 1 is 1.00 bits per heavy atom. The zero-order valence-electron chi connectivity index (χ0n) is 17.4. The first-order valence-electron chi connectivity index (χ1n) is 10.5. The van der Waals surface area contributed by atoms with E-state index in [1.165, 1.54) is 18.6 Å². The smallest absolute Gasteiger partial charge is 0.261 e. The number of hydrogen-bond acceptors (Lipinski definition) is 5. The van der Waals surface area contributed by atoms with Crippen molar-refractivity contribution in [3.8, 4) is 0 Å². The van der Waals surface area contributed by atoms with Gasteiger partial charge in [0, 0.05) is 18.7 Å². The number of hydrogen-bond donors (Lipinski definition) is 2. The highest BCUT2D eigenvalue weighted by Crippen LogP contribution is 2.18. The van der Waals surface area contributed by atoms with Gasteiger partial charge < -0.3 is 9.88 Å². The molecular formula is C22H24FN5O3S. The molecular weight excluding hydrogens is 433 g/mol. The van der Waals surface area contributed by atoms with Crippen LogP contribution in [0.5, 0.6) is 0 Å². The normalized spacial score (nSPS) is 13.8. The number of anilines is 1. The molecule has 1 aliphatic rings. The third-order valence-corrected chi connectivity index (χ3v) is 6.72. The van der Waals surface area contributed by atoms with Crippen molar-refractivity contribution in [3.05, 3.63) is 71.6 Å². The van der Waals surface area contributed by atoms with Crippen molar-refractivity contribution in [2.24, 2.45) is 0 Å². The van der Waals surface area contributed by atoms with Gasteiger partial charge in [-0.3, -0.25) is 9.52 Å². The van der Waals surface area contributed by atoms with Gasteiger partial charge in [-0.1, -0.05) is 18.6 Å². The Morgan fingerprint density at radius 3 is 2.50 bits per heavy atom. The van der Waals surface area contributed by atoms with Gasteiger partial charge in [0.05, 0.1) is 17.9 Å². The van der Waals surface area contributed by atoms with Gasteiger partial charge >= 0.3 is 0 Å². The first kappa shape index (κ1) is 21.9. The Balaban J connectivity index is 1.32. The lowest BCUT2D eigenvalue weighted by molar-refractivity contribution is -0.120. The molecule has 0 saturated carbocycles. The second kappa shape index (κ2) is 9.47. The Morgan fingerprint density at radius 2 is 1.75 bits per heavy atom. The van der Waals surface area contributed by atoms with Gasteiger partial charge in [0.15, 0.2) is 5.82 Å². The highest BCUT2D eigenvalue weighted by Gasteiger charge is 2.16. The molecule has 0 unspecified atom stereocenters. The molecule has 168 valence electrons. The van der Waals surface area contributed by atoms with Crippen LogP contribution in [0.2, 0.25) is 0 Å². The average molecular weight is 458 g/mol. The second-order valence-electron chi connectivity index (χ2n) is 7.70. The van der Waals surface area contributed by atoms with Crippen LogP contribution in [0, 0.1) is 5.82 Å². The quantitative estimate of drug-likeness (QED) is 0.568. The van der Waals surface area contributed by atoms with E-state index >= 15 is 0 Å². The molecule has 0 bridgehead atoms. The van der Waals surface area contributed by atoms with E-state index in [0.717, 1.165) is 55.2 Å². The second-order valence-corrected chi connectivity index (χ2v) is 9.39. The van der Waals surface area contributed by atoms with Gasteiger partial charge in [0.25, 0.3) is 10.0 Å². The molecule has 10 heteroatoms. The average Bonchev–Trinajstić information content (AvgIpc) is 2.99. The number of nitrogens with one attached hydrogen (secondary N) is 2. The van der Waals surface area contributed by atoms with E-state index in [4.69, 9.17) is 0 Å². The lowest BCUT2D eigenvalue weighted by Crippen LogP contribution is -2.26. The Bertz CT molecular complexity index is 1190.